The Morgan fingerprint density at radius 3 is 2.20 bits per heavy atom. The quantitative estimate of drug-likeness (QED) is 0.712. The zero-order valence-electron chi connectivity index (χ0n) is 9.44. The van der Waals surface area contributed by atoms with Gasteiger partial charge in [-0.1, -0.05) is 26.0 Å². The molecule has 0 radical (unpaired) electrons. The predicted octanol–water partition coefficient (Wildman–Crippen LogP) is 1.90. The molecule has 84 valence electrons. The van der Waals surface area contributed by atoms with Crippen LogP contribution in [0.2, 0.25) is 0 Å². The minimum Gasteiger partial charge on any atom is -0.508 e. The number of phenols is 1. The van der Waals surface area contributed by atoms with Crippen molar-refractivity contribution in [1.29, 1.82) is 0 Å². The molecule has 0 bridgehead atoms. The number of benzene rings is 1. The van der Waals surface area contributed by atoms with Crippen LogP contribution in [0.1, 0.15) is 43.9 Å². The maximum absolute atomic E-state index is 9.74. The highest BCUT2D eigenvalue weighted by molar-refractivity contribution is 5.39. The van der Waals surface area contributed by atoms with E-state index in [1.54, 1.807) is 19.1 Å². The Labute approximate surface area is 90.5 Å². The van der Waals surface area contributed by atoms with Crippen LogP contribution in [0.4, 0.5) is 0 Å². The van der Waals surface area contributed by atoms with Crippen LogP contribution in [0.5, 0.6) is 5.75 Å². The summed E-state index contributed by atoms with van der Waals surface area (Å²) in [5.41, 5.74) is 7.12. The van der Waals surface area contributed by atoms with Gasteiger partial charge in [0.05, 0.1) is 6.10 Å². The Morgan fingerprint density at radius 1 is 1.20 bits per heavy atom. The van der Waals surface area contributed by atoms with E-state index in [9.17, 15) is 10.2 Å². The number of phenolic OH excluding ortho intramolecular Hbond substituents is 1. The van der Waals surface area contributed by atoms with Crippen LogP contribution in [0, 0.1) is 0 Å². The van der Waals surface area contributed by atoms with Gasteiger partial charge in [0, 0.05) is 11.6 Å². The molecule has 0 amide bonds. The third-order valence-corrected chi connectivity index (χ3v) is 2.54. The fraction of sp³-hybridized carbons (Fsp3) is 0.500. The number of hydrogen-bond donors (Lipinski definition) is 3. The summed E-state index contributed by atoms with van der Waals surface area (Å²) in [5, 5.41) is 19.5. The summed E-state index contributed by atoms with van der Waals surface area (Å²) in [6, 6.07) is 4.94. The zero-order valence-corrected chi connectivity index (χ0v) is 9.44. The summed E-state index contributed by atoms with van der Waals surface area (Å²) in [6.45, 7) is 5.81. The fourth-order valence-corrected chi connectivity index (χ4v) is 1.45. The lowest BCUT2D eigenvalue weighted by atomic mass is 9.97. The van der Waals surface area contributed by atoms with Gasteiger partial charge in [-0.3, -0.25) is 0 Å². The third kappa shape index (κ3) is 2.70. The maximum Gasteiger partial charge on any atom is 0.121 e. The van der Waals surface area contributed by atoms with E-state index in [0.717, 1.165) is 5.56 Å². The minimum atomic E-state index is -0.814. The summed E-state index contributed by atoms with van der Waals surface area (Å²) < 4.78 is 0. The van der Waals surface area contributed by atoms with E-state index < -0.39 is 6.10 Å². The molecule has 0 fully saturated rings. The van der Waals surface area contributed by atoms with Crippen LogP contribution >= 0.6 is 0 Å². The molecular formula is C12H19NO2. The number of aliphatic hydroxyl groups excluding tert-OH is 1. The first-order valence-electron chi connectivity index (χ1n) is 5.20. The second-order valence-electron chi connectivity index (χ2n) is 4.28. The van der Waals surface area contributed by atoms with Crippen molar-refractivity contribution in [2.24, 2.45) is 5.73 Å². The summed E-state index contributed by atoms with van der Waals surface area (Å²) in [5.74, 6) is 0.475. The molecule has 0 saturated carbocycles. The van der Waals surface area contributed by atoms with Crippen LogP contribution in [0.15, 0.2) is 18.2 Å². The Kier molecular flexibility index (Phi) is 3.72. The second-order valence-corrected chi connectivity index (χ2v) is 4.28. The van der Waals surface area contributed by atoms with Crippen LogP contribution in [-0.4, -0.2) is 16.3 Å². The molecule has 2 unspecified atom stereocenters. The van der Waals surface area contributed by atoms with Crippen molar-refractivity contribution in [3.05, 3.63) is 29.3 Å². The van der Waals surface area contributed by atoms with Crippen molar-refractivity contribution in [2.45, 2.75) is 38.8 Å². The Bertz CT molecular complexity index is 334. The summed E-state index contributed by atoms with van der Waals surface area (Å²) in [7, 11) is 0. The number of aliphatic hydroxyl groups is 1. The number of nitrogens with two attached hydrogens (primary N) is 1. The van der Waals surface area contributed by atoms with Crippen molar-refractivity contribution in [2.75, 3.05) is 0 Å². The van der Waals surface area contributed by atoms with Gasteiger partial charge in [0.25, 0.3) is 0 Å². The van der Waals surface area contributed by atoms with Gasteiger partial charge in [0.1, 0.15) is 5.75 Å². The molecule has 0 aliphatic carbocycles. The van der Waals surface area contributed by atoms with E-state index in [-0.39, 0.29) is 11.8 Å². The molecule has 0 aromatic heterocycles. The van der Waals surface area contributed by atoms with Gasteiger partial charge in [-0.2, -0.15) is 0 Å². The molecule has 3 nitrogen and oxygen atoms in total. The molecule has 0 aliphatic heterocycles. The van der Waals surface area contributed by atoms with Crippen LogP contribution in [0.25, 0.3) is 0 Å². The smallest absolute Gasteiger partial charge is 0.121 e. The Hall–Kier alpha value is -1.06. The summed E-state index contributed by atoms with van der Waals surface area (Å²) in [4.78, 5) is 0. The van der Waals surface area contributed by atoms with Gasteiger partial charge in [-0.15, -0.1) is 0 Å². The molecule has 1 aromatic carbocycles. The van der Waals surface area contributed by atoms with Crippen molar-refractivity contribution in [3.63, 3.8) is 0 Å². The van der Waals surface area contributed by atoms with E-state index in [4.69, 9.17) is 5.73 Å². The van der Waals surface area contributed by atoms with Gasteiger partial charge >= 0.3 is 0 Å². The van der Waals surface area contributed by atoms with Crippen LogP contribution in [-0.2, 0) is 0 Å². The van der Waals surface area contributed by atoms with Gasteiger partial charge in [0.2, 0.25) is 0 Å². The molecule has 15 heavy (non-hydrogen) atoms. The standard InChI is InChI=1S/C12H19NO2/c1-7(2)9-4-5-10(11(14)6-9)12(15)8(3)13/h4-8,12,14-15H,13H2,1-3H3. The zero-order chi connectivity index (χ0) is 11.6. The molecule has 0 heterocycles. The van der Waals surface area contributed by atoms with Gasteiger partial charge in [0.15, 0.2) is 0 Å². The molecule has 0 saturated heterocycles. The lowest BCUT2D eigenvalue weighted by molar-refractivity contribution is 0.150. The molecule has 2 atom stereocenters. The van der Waals surface area contributed by atoms with Crippen molar-refractivity contribution in [1.82, 2.24) is 0 Å². The summed E-state index contributed by atoms with van der Waals surface area (Å²) in [6.07, 6.45) is -0.814. The first-order valence-corrected chi connectivity index (χ1v) is 5.20. The van der Waals surface area contributed by atoms with Crippen molar-refractivity contribution < 1.29 is 10.2 Å². The lowest BCUT2D eigenvalue weighted by Crippen LogP contribution is -2.24. The Balaban J connectivity index is 3.03. The van der Waals surface area contributed by atoms with Crippen molar-refractivity contribution in [3.8, 4) is 5.75 Å². The molecule has 4 N–H and O–H groups in total. The molecule has 0 aliphatic rings. The number of aromatic hydroxyl groups is 1. The van der Waals surface area contributed by atoms with E-state index in [2.05, 4.69) is 13.8 Å². The van der Waals surface area contributed by atoms with Crippen molar-refractivity contribution >= 4 is 0 Å². The van der Waals surface area contributed by atoms with E-state index in [0.29, 0.717) is 11.5 Å². The van der Waals surface area contributed by atoms with Gasteiger partial charge < -0.3 is 15.9 Å². The predicted molar refractivity (Wildman–Crippen MR) is 60.8 cm³/mol. The molecule has 1 rings (SSSR count). The van der Waals surface area contributed by atoms with E-state index in [1.807, 2.05) is 6.07 Å². The highest BCUT2D eigenvalue weighted by Crippen LogP contribution is 2.29. The topological polar surface area (TPSA) is 66.5 Å². The first-order chi connectivity index (χ1) is 6.93. The minimum absolute atomic E-state index is 0.117. The largest absolute Gasteiger partial charge is 0.508 e. The highest BCUT2D eigenvalue weighted by Gasteiger charge is 2.16. The third-order valence-electron chi connectivity index (χ3n) is 2.54. The first kappa shape index (κ1) is 12.0. The van der Waals surface area contributed by atoms with Gasteiger partial charge in [-0.25, -0.2) is 0 Å². The summed E-state index contributed by atoms with van der Waals surface area (Å²) >= 11 is 0. The van der Waals surface area contributed by atoms with Crippen LogP contribution in [0.3, 0.4) is 0 Å². The number of rotatable bonds is 3. The molecule has 0 spiro atoms. The normalized spacial score (nSPS) is 15.3. The fourth-order valence-electron chi connectivity index (χ4n) is 1.45. The monoisotopic (exact) mass is 209 g/mol. The average molecular weight is 209 g/mol. The van der Waals surface area contributed by atoms with E-state index >= 15 is 0 Å². The Morgan fingerprint density at radius 2 is 1.80 bits per heavy atom. The average Bonchev–Trinajstić information content (AvgIpc) is 2.16. The van der Waals surface area contributed by atoms with E-state index in [1.165, 1.54) is 0 Å². The second kappa shape index (κ2) is 4.64. The highest BCUT2D eigenvalue weighted by atomic mass is 16.3. The SMILES string of the molecule is CC(C)c1ccc(C(O)C(C)N)c(O)c1. The number of hydrogen-bond acceptors (Lipinski definition) is 3. The van der Waals surface area contributed by atoms with Gasteiger partial charge in [-0.05, 0) is 24.5 Å². The molecular weight excluding hydrogens is 190 g/mol. The maximum atomic E-state index is 9.74. The van der Waals surface area contributed by atoms with Crippen LogP contribution < -0.4 is 5.73 Å². The molecule has 3 heteroatoms. The molecule has 1 aromatic rings. The lowest BCUT2D eigenvalue weighted by Gasteiger charge is -2.17.